The molecule has 0 fully saturated rings. The van der Waals surface area contributed by atoms with Crippen LogP contribution in [-0.4, -0.2) is 21.2 Å². The lowest BCUT2D eigenvalue weighted by atomic mass is 10.0. The van der Waals surface area contributed by atoms with Crippen LogP contribution in [0.4, 0.5) is 0 Å². The summed E-state index contributed by atoms with van der Waals surface area (Å²) in [6.45, 7) is 10.2. The number of nitrogens with zero attached hydrogens (tertiary/aromatic N) is 2. The highest BCUT2D eigenvalue weighted by Crippen LogP contribution is 2.28. The number of carbonyl (C=O) groups excluding carboxylic acids is 1. The lowest BCUT2D eigenvalue weighted by Gasteiger charge is -2.18. The van der Waals surface area contributed by atoms with Gasteiger partial charge >= 0.3 is 0 Å². The van der Waals surface area contributed by atoms with Crippen LogP contribution in [0, 0.1) is 13.8 Å². The van der Waals surface area contributed by atoms with Crippen LogP contribution in [-0.2, 0) is 11.3 Å². The Hall–Kier alpha value is -2.38. The van der Waals surface area contributed by atoms with E-state index >= 15 is 0 Å². The quantitative estimate of drug-likeness (QED) is 0.288. The normalized spacial score (nSPS) is 12.1. The Morgan fingerprint density at radius 1 is 1.33 bits per heavy atom. The van der Waals surface area contributed by atoms with Crippen LogP contribution in [0.15, 0.2) is 52.9 Å². The number of hydrogen-bond donors (Lipinski definition) is 1. The zero-order valence-corrected chi connectivity index (χ0v) is 19.2. The number of thiophene rings is 1. The van der Waals surface area contributed by atoms with Crippen molar-refractivity contribution in [2.75, 3.05) is 5.75 Å². The van der Waals surface area contributed by atoms with Gasteiger partial charge < -0.3 is 5.32 Å². The molecular formula is C23H27N3O2S2. The van der Waals surface area contributed by atoms with Crippen LogP contribution >= 0.6 is 23.1 Å². The van der Waals surface area contributed by atoms with Gasteiger partial charge in [0.25, 0.3) is 5.56 Å². The molecule has 0 bridgehead atoms. The molecule has 3 aromatic rings. The third-order valence-electron chi connectivity index (χ3n) is 5.01. The first-order chi connectivity index (χ1) is 14.5. The van der Waals surface area contributed by atoms with E-state index in [0.717, 1.165) is 33.7 Å². The predicted molar refractivity (Wildman–Crippen MR) is 127 cm³/mol. The van der Waals surface area contributed by atoms with Crippen molar-refractivity contribution in [1.82, 2.24) is 14.9 Å². The first kappa shape index (κ1) is 22.3. The Balaban J connectivity index is 1.80. The molecule has 0 spiro atoms. The van der Waals surface area contributed by atoms with Gasteiger partial charge in [-0.1, -0.05) is 61.5 Å². The summed E-state index contributed by atoms with van der Waals surface area (Å²) in [6.07, 6.45) is 3.53. The highest BCUT2D eigenvalue weighted by Gasteiger charge is 2.18. The Kier molecular flexibility index (Phi) is 7.50. The number of benzene rings is 1. The largest absolute Gasteiger partial charge is 0.349 e. The average molecular weight is 442 g/mol. The minimum Gasteiger partial charge on any atom is -0.349 e. The molecule has 1 aromatic carbocycles. The molecule has 0 aliphatic rings. The van der Waals surface area contributed by atoms with Gasteiger partial charge in [0.05, 0.1) is 17.2 Å². The van der Waals surface area contributed by atoms with Crippen LogP contribution in [0.25, 0.3) is 10.2 Å². The van der Waals surface area contributed by atoms with Crippen LogP contribution < -0.4 is 10.9 Å². The Morgan fingerprint density at radius 2 is 2.07 bits per heavy atom. The lowest BCUT2D eigenvalue weighted by Crippen LogP contribution is -2.30. The molecule has 0 saturated heterocycles. The smallest absolute Gasteiger partial charge is 0.263 e. The summed E-state index contributed by atoms with van der Waals surface area (Å²) in [5.74, 6) is 0.131. The van der Waals surface area contributed by atoms with Gasteiger partial charge in [-0.2, -0.15) is 0 Å². The van der Waals surface area contributed by atoms with E-state index in [1.54, 1.807) is 10.6 Å². The molecule has 0 aliphatic heterocycles. The average Bonchev–Trinajstić information content (AvgIpc) is 3.03. The minimum absolute atomic E-state index is 0.0160. The molecular weight excluding hydrogens is 414 g/mol. The van der Waals surface area contributed by atoms with Gasteiger partial charge in [-0.15, -0.1) is 17.9 Å². The number of amides is 1. The van der Waals surface area contributed by atoms with Crippen LogP contribution in [0.2, 0.25) is 0 Å². The highest BCUT2D eigenvalue weighted by molar-refractivity contribution is 7.99. The van der Waals surface area contributed by atoms with Crippen molar-refractivity contribution in [1.29, 1.82) is 0 Å². The molecule has 0 aliphatic carbocycles. The van der Waals surface area contributed by atoms with Crippen LogP contribution in [0.3, 0.4) is 0 Å². The van der Waals surface area contributed by atoms with E-state index in [4.69, 9.17) is 4.98 Å². The number of carbonyl (C=O) groups is 1. The number of thioether (sulfide) groups is 1. The fourth-order valence-electron chi connectivity index (χ4n) is 3.37. The molecule has 7 heteroatoms. The molecule has 1 N–H and O–H groups in total. The highest BCUT2D eigenvalue weighted by atomic mass is 32.2. The minimum atomic E-state index is -0.0715. The van der Waals surface area contributed by atoms with Crippen molar-refractivity contribution in [2.24, 2.45) is 0 Å². The third-order valence-corrected chi connectivity index (χ3v) is 7.09. The van der Waals surface area contributed by atoms with Gasteiger partial charge in [-0.05, 0) is 31.4 Å². The number of aromatic nitrogens is 2. The van der Waals surface area contributed by atoms with Crippen molar-refractivity contribution in [3.63, 3.8) is 0 Å². The fraction of sp³-hybridized carbons (Fsp3) is 0.348. The van der Waals surface area contributed by atoms with E-state index in [2.05, 4.69) is 18.8 Å². The fourth-order valence-corrected chi connectivity index (χ4v) is 5.26. The van der Waals surface area contributed by atoms with Gasteiger partial charge in [0.1, 0.15) is 4.83 Å². The maximum Gasteiger partial charge on any atom is 0.263 e. The predicted octanol–water partition coefficient (Wildman–Crippen LogP) is 5.01. The summed E-state index contributed by atoms with van der Waals surface area (Å²) in [7, 11) is 0. The second kappa shape index (κ2) is 10.1. The molecule has 158 valence electrons. The standard InChI is InChI=1S/C23H27N3O2S2/c1-5-10-18(17-11-8-7-9-12-17)24-19(27)14-29-23-25-21-20(15(3)16(4)30-21)22(28)26(23)13-6-2/h6-9,11-12,18H,2,5,10,13-14H2,1,3-4H3,(H,24,27). The lowest BCUT2D eigenvalue weighted by molar-refractivity contribution is -0.119. The van der Waals surface area contributed by atoms with E-state index in [-0.39, 0.29) is 23.3 Å². The monoisotopic (exact) mass is 441 g/mol. The summed E-state index contributed by atoms with van der Waals surface area (Å²) in [5, 5.41) is 4.35. The van der Waals surface area contributed by atoms with E-state index < -0.39 is 0 Å². The summed E-state index contributed by atoms with van der Waals surface area (Å²) in [6, 6.07) is 9.99. The zero-order chi connectivity index (χ0) is 21.7. The van der Waals surface area contributed by atoms with E-state index in [9.17, 15) is 9.59 Å². The maximum absolute atomic E-state index is 13.0. The molecule has 1 unspecified atom stereocenters. The van der Waals surface area contributed by atoms with Gasteiger partial charge in [0, 0.05) is 11.4 Å². The first-order valence-electron chi connectivity index (χ1n) is 10.0. The molecule has 5 nitrogen and oxygen atoms in total. The van der Waals surface area contributed by atoms with Crippen LogP contribution in [0.1, 0.15) is 41.8 Å². The number of allylic oxidation sites excluding steroid dienone is 1. The Morgan fingerprint density at radius 3 is 2.73 bits per heavy atom. The topological polar surface area (TPSA) is 64.0 Å². The number of nitrogens with one attached hydrogen (secondary N) is 1. The summed E-state index contributed by atoms with van der Waals surface area (Å²) >= 11 is 2.81. The SMILES string of the molecule is C=CCn1c(SCC(=O)NC(CCC)c2ccccc2)nc2sc(C)c(C)c2c1=O. The van der Waals surface area contributed by atoms with Crippen LogP contribution in [0.5, 0.6) is 0 Å². The molecule has 0 saturated carbocycles. The van der Waals surface area contributed by atoms with E-state index in [0.29, 0.717) is 17.1 Å². The third kappa shape index (κ3) is 4.84. The summed E-state index contributed by atoms with van der Waals surface area (Å²) in [4.78, 5) is 32.2. The first-order valence-corrected chi connectivity index (χ1v) is 11.8. The van der Waals surface area contributed by atoms with Crippen molar-refractivity contribution >= 4 is 39.2 Å². The zero-order valence-electron chi connectivity index (χ0n) is 17.6. The maximum atomic E-state index is 13.0. The number of hydrogen-bond acceptors (Lipinski definition) is 5. The molecule has 1 atom stereocenters. The van der Waals surface area contributed by atoms with Crippen molar-refractivity contribution in [3.05, 3.63) is 69.3 Å². The van der Waals surface area contributed by atoms with Gasteiger partial charge in [-0.3, -0.25) is 14.2 Å². The molecule has 2 aromatic heterocycles. The molecule has 1 amide bonds. The number of rotatable bonds is 9. The van der Waals surface area contributed by atoms with E-state index in [1.165, 1.54) is 23.1 Å². The van der Waals surface area contributed by atoms with Crippen molar-refractivity contribution in [3.8, 4) is 0 Å². The summed E-state index contributed by atoms with van der Waals surface area (Å²) in [5.41, 5.74) is 2.01. The molecule has 3 rings (SSSR count). The molecule has 2 heterocycles. The van der Waals surface area contributed by atoms with Crippen molar-refractivity contribution in [2.45, 2.75) is 51.4 Å². The molecule has 30 heavy (non-hydrogen) atoms. The van der Waals surface area contributed by atoms with Crippen molar-refractivity contribution < 1.29 is 4.79 Å². The van der Waals surface area contributed by atoms with Gasteiger partial charge in [0.2, 0.25) is 5.91 Å². The summed E-state index contributed by atoms with van der Waals surface area (Å²) < 4.78 is 1.60. The second-order valence-electron chi connectivity index (χ2n) is 7.17. The van der Waals surface area contributed by atoms with Gasteiger partial charge in [0.15, 0.2) is 5.16 Å². The molecule has 0 radical (unpaired) electrons. The van der Waals surface area contributed by atoms with E-state index in [1.807, 2.05) is 44.2 Å². The Labute approximate surface area is 185 Å². The number of fused-ring (bicyclic) bond motifs is 1. The second-order valence-corrected chi connectivity index (χ2v) is 9.32. The Bertz CT molecular complexity index is 1100. The number of aryl methyl sites for hydroxylation is 2. The van der Waals surface area contributed by atoms with Gasteiger partial charge in [-0.25, -0.2) is 4.98 Å².